The molecule has 0 saturated carbocycles. The van der Waals surface area contributed by atoms with E-state index in [2.05, 4.69) is 12.7 Å². The number of allylic oxidation sites excluding steroid dienone is 1. The van der Waals surface area contributed by atoms with Crippen molar-refractivity contribution in [3.63, 3.8) is 0 Å². The maximum absolute atomic E-state index is 5.94. The molecule has 3 aromatic rings. The SMILES string of the molecule is C=CCOc1ccccc1/C=C(\C1=NCCc2cc(OC)c(OC)cc21)c1ccc(OC)c(OC)c1. The third-order valence-corrected chi connectivity index (χ3v) is 6.04. The summed E-state index contributed by atoms with van der Waals surface area (Å²) in [7, 11) is 6.55. The Morgan fingerprint density at radius 1 is 0.833 bits per heavy atom. The first kappa shape index (κ1) is 24.9. The molecule has 0 spiro atoms. The molecule has 0 fully saturated rings. The molecular weight excluding hydrogens is 454 g/mol. The average Bonchev–Trinajstić information content (AvgIpc) is 2.93. The van der Waals surface area contributed by atoms with Crippen molar-refractivity contribution < 1.29 is 23.7 Å². The lowest BCUT2D eigenvalue weighted by atomic mass is 9.88. The summed E-state index contributed by atoms with van der Waals surface area (Å²) in [5.74, 6) is 3.43. The Morgan fingerprint density at radius 2 is 1.53 bits per heavy atom. The van der Waals surface area contributed by atoms with Crippen molar-refractivity contribution >= 4 is 17.4 Å². The number of hydrogen-bond acceptors (Lipinski definition) is 6. The van der Waals surface area contributed by atoms with Gasteiger partial charge in [0.1, 0.15) is 12.4 Å². The van der Waals surface area contributed by atoms with Gasteiger partial charge in [0.2, 0.25) is 0 Å². The van der Waals surface area contributed by atoms with Crippen molar-refractivity contribution in [1.82, 2.24) is 0 Å². The Kier molecular flexibility index (Phi) is 7.95. The summed E-state index contributed by atoms with van der Waals surface area (Å²) >= 11 is 0. The van der Waals surface area contributed by atoms with Crippen LogP contribution in [-0.4, -0.2) is 47.3 Å². The highest BCUT2D eigenvalue weighted by atomic mass is 16.5. The molecule has 1 heterocycles. The molecule has 1 aliphatic heterocycles. The zero-order chi connectivity index (χ0) is 25.5. The van der Waals surface area contributed by atoms with Crippen LogP contribution in [0.2, 0.25) is 0 Å². The van der Waals surface area contributed by atoms with E-state index < -0.39 is 0 Å². The fraction of sp³-hybridized carbons (Fsp3) is 0.233. The van der Waals surface area contributed by atoms with E-state index >= 15 is 0 Å². The van der Waals surface area contributed by atoms with Crippen LogP contribution >= 0.6 is 0 Å². The largest absolute Gasteiger partial charge is 0.493 e. The minimum atomic E-state index is 0.414. The van der Waals surface area contributed by atoms with Crippen molar-refractivity contribution in [3.05, 3.63) is 89.5 Å². The Morgan fingerprint density at radius 3 is 2.25 bits per heavy atom. The van der Waals surface area contributed by atoms with Crippen molar-refractivity contribution in [1.29, 1.82) is 0 Å². The molecule has 6 nitrogen and oxygen atoms in total. The van der Waals surface area contributed by atoms with Gasteiger partial charge in [-0.15, -0.1) is 0 Å². The molecule has 4 rings (SSSR count). The first-order valence-corrected chi connectivity index (χ1v) is 11.7. The predicted octanol–water partition coefficient (Wildman–Crippen LogP) is 5.87. The van der Waals surface area contributed by atoms with Gasteiger partial charge in [0.05, 0.1) is 34.2 Å². The molecular formula is C30H31NO5. The van der Waals surface area contributed by atoms with Crippen molar-refractivity contribution in [2.45, 2.75) is 6.42 Å². The second-order valence-corrected chi connectivity index (χ2v) is 8.11. The Bertz CT molecular complexity index is 1310. The lowest BCUT2D eigenvalue weighted by Gasteiger charge is -2.22. The van der Waals surface area contributed by atoms with E-state index in [9.17, 15) is 0 Å². The van der Waals surface area contributed by atoms with Gasteiger partial charge in [-0.25, -0.2) is 0 Å². The fourth-order valence-electron chi connectivity index (χ4n) is 4.28. The van der Waals surface area contributed by atoms with Crippen LogP contribution in [-0.2, 0) is 6.42 Å². The van der Waals surface area contributed by atoms with Gasteiger partial charge < -0.3 is 23.7 Å². The van der Waals surface area contributed by atoms with Crippen LogP contribution in [0, 0.1) is 0 Å². The number of hydrogen-bond donors (Lipinski definition) is 0. The lowest BCUT2D eigenvalue weighted by Crippen LogP contribution is -2.15. The highest BCUT2D eigenvalue weighted by molar-refractivity contribution is 6.36. The number of nitrogens with zero attached hydrogens (tertiary/aromatic N) is 1. The highest BCUT2D eigenvalue weighted by Crippen LogP contribution is 2.38. The number of benzene rings is 3. The zero-order valence-electron chi connectivity index (χ0n) is 21.2. The number of fused-ring (bicyclic) bond motifs is 1. The summed E-state index contributed by atoms with van der Waals surface area (Å²) < 4.78 is 28.2. The van der Waals surface area contributed by atoms with Crippen LogP contribution in [0.15, 0.2) is 72.2 Å². The molecule has 0 saturated heterocycles. The molecule has 0 atom stereocenters. The summed E-state index contributed by atoms with van der Waals surface area (Å²) in [6.45, 7) is 4.85. The smallest absolute Gasteiger partial charge is 0.161 e. The van der Waals surface area contributed by atoms with Crippen molar-refractivity contribution in [3.8, 4) is 28.7 Å². The van der Waals surface area contributed by atoms with Gasteiger partial charge >= 0.3 is 0 Å². The molecule has 3 aromatic carbocycles. The van der Waals surface area contributed by atoms with Crippen molar-refractivity contribution in [2.75, 3.05) is 41.6 Å². The maximum Gasteiger partial charge on any atom is 0.161 e. The van der Waals surface area contributed by atoms with E-state index in [-0.39, 0.29) is 0 Å². The molecule has 36 heavy (non-hydrogen) atoms. The van der Waals surface area contributed by atoms with Crippen LogP contribution in [0.5, 0.6) is 28.7 Å². The molecule has 0 amide bonds. The molecule has 0 radical (unpaired) electrons. The quantitative estimate of drug-likeness (QED) is 0.265. The van der Waals surface area contributed by atoms with Crippen molar-refractivity contribution in [2.24, 2.45) is 4.99 Å². The number of ether oxygens (including phenoxy) is 5. The summed E-state index contributed by atoms with van der Waals surface area (Å²) in [5.41, 5.74) is 5.82. The van der Waals surface area contributed by atoms with E-state index in [0.717, 1.165) is 45.7 Å². The fourth-order valence-corrected chi connectivity index (χ4v) is 4.28. The second-order valence-electron chi connectivity index (χ2n) is 8.11. The van der Waals surface area contributed by atoms with E-state index in [1.807, 2.05) is 54.6 Å². The van der Waals surface area contributed by atoms with Crippen LogP contribution < -0.4 is 23.7 Å². The van der Waals surface area contributed by atoms with Gasteiger partial charge in [0.25, 0.3) is 0 Å². The Hall–Kier alpha value is -4.19. The van der Waals surface area contributed by atoms with E-state index in [4.69, 9.17) is 28.7 Å². The van der Waals surface area contributed by atoms with E-state index in [1.54, 1.807) is 34.5 Å². The zero-order valence-corrected chi connectivity index (χ0v) is 21.2. The van der Waals surface area contributed by atoms with Gasteiger partial charge in [-0.05, 0) is 54.0 Å². The molecule has 0 aliphatic carbocycles. The number of aliphatic imine (C=N–C) groups is 1. The Balaban J connectivity index is 1.94. The summed E-state index contributed by atoms with van der Waals surface area (Å²) in [4.78, 5) is 4.99. The second kappa shape index (κ2) is 11.5. The highest BCUT2D eigenvalue weighted by Gasteiger charge is 2.23. The molecule has 6 heteroatoms. The lowest BCUT2D eigenvalue weighted by molar-refractivity contribution is 0.354. The topological polar surface area (TPSA) is 58.5 Å². The van der Waals surface area contributed by atoms with Gasteiger partial charge in [-0.1, -0.05) is 36.9 Å². The van der Waals surface area contributed by atoms with Crippen LogP contribution in [0.25, 0.3) is 11.6 Å². The first-order chi connectivity index (χ1) is 17.6. The molecule has 0 aromatic heterocycles. The van der Waals surface area contributed by atoms with E-state index in [0.29, 0.717) is 36.1 Å². The van der Waals surface area contributed by atoms with Crippen LogP contribution in [0.4, 0.5) is 0 Å². The summed E-state index contributed by atoms with van der Waals surface area (Å²) in [6.07, 6.45) is 4.65. The van der Waals surface area contributed by atoms with Gasteiger partial charge in [0, 0.05) is 23.2 Å². The third kappa shape index (κ3) is 5.08. The van der Waals surface area contributed by atoms with Gasteiger partial charge in [-0.2, -0.15) is 0 Å². The standard InChI is InChI=1S/C30H31NO5/c1-6-15-36-25-10-8-7-9-22(25)16-23(20-11-12-26(32-2)27(17-20)33-3)30-24-19-29(35-5)28(34-4)18-21(24)13-14-31-30/h6-12,16-19H,1,13-15H2,2-5H3/b23-16-. The van der Waals surface area contributed by atoms with Crippen LogP contribution in [0.1, 0.15) is 22.3 Å². The monoisotopic (exact) mass is 485 g/mol. The van der Waals surface area contributed by atoms with Crippen LogP contribution in [0.3, 0.4) is 0 Å². The maximum atomic E-state index is 5.94. The minimum Gasteiger partial charge on any atom is -0.493 e. The molecule has 0 unspecified atom stereocenters. The minimum absolute atomic E-state index is 0.414. The number of methoxy groups -OCH3 is 4. The molecule has 0 bridgehead atoms. The first-order valence-electron chi connectivity index (χ1n) is 11.7. The predicted molar refractivity (Wildman–Crippen MR) is 144 cm³/mol. The molecule has 1 aliphatic rings. The summed E-state index contributed by atoms with van der Waals surface area (Å²) in [5, 5.41) is 0. The third-order valence-electron chi connectivity index (χ3n) is 6.04. The number of rotatable bonds is 10. The Labute approximate surface area is 212 Å². The van der Waals surface area contributed by atoms with Gasteiger partial charge in [-0.3, -0.25) is 4.99 Å². The molecule has 0 N–H and O–H groups in total. The summed E-state index contributed by atoms with van der Waals surface area (Å²) in [6, 6.07) is 17.8. The van der Waals surface area contributed by atoms with Gasteiger partial charge in [0.15, 0.2) is 23.0 Å². The normalized spacial score (nSPS) is 12.8. The average molecular weight is 486 g/mol. The number of para-hydroxylation sites is 1. The van der Waals surface area contributed by atoms with E-state index in [1.165, 1.54) is 0 Å². The molecule has 186 valence electrons.